The quantitative estimate of drug-likeness (QED) is 0.634. The number of fused-ring (bicyclic) bond motifs is 1. The Bertz CT molecular complexity index is 924. The molecule has 1 aliphatic heterocycles. The van der Waals surface area contributed by atoms with Gasteiger partial charge in [0.05, 0.1) is 22.3 Å². The Labute approximate surface area is 163 Å². The SMILES string of the molecule is O[C@@H](c1cc(-c2ccccc2)nc2c(Cl)cc(Cl)cc12)[C@H]1CCCCN1. The number of hydrogen-bond acceptors (Lipinski definition) is 3. The van der Waals surface area contributed by atoms with Gasteiger partial charge < -0.3 is 10.4 Å². The molecule has 1 saturated heterocycles. The molecule has 3 aromatic rings. The topological polar surface area (TPSA) is 45.2 Å². The van der Waals surface area contributed by atoms with Gasteiger partial charge in [-0.15, -0.1) is 0 Å². The van der Waals surface area contributed by atoms with E-state index in [1.165, 1.54) is 0 Å². The Kier molecular flexibility index (Phi) is 5.14. The fourth-order valence-corrected chi connectivity index (χ4v) is 4.18. The van der Waals surface area contributed by atoms with Crippen molar-refractivity contribution in [2.75, 3.05) is 6.54 Å². The zero-order chi connectivity index (χ0) is 18.1. The molecule has 2 atom stereocenters. The van der Waals surface area contributed by atoms with Crippen LogP contribution in [0.1, 0.15) is 30.9 Å². The maximum Gasteiger partial charge on any atom is 0.0950 e. The number of pyridine rings is 1. The minimum absolute atomic E-state index is 0.0238. The summed E-state index contributed by atoms with van der Waals surface area (Å²) in [5, 5.41) is 16.4. The van der Waals surface area contributed by atoms with Gasteiger partial charge in [0, 0.05) is 22.0 Å². The van der Waals surface area contributed by atoms with Crippen LogP contribution in [0.4, 0.5) is 0 Å². The molecule has 2 aromatic carbocycles. The Hall–Kier alpha value is -1.65. The van der Waals surface area contributed by atoms with E-state index in [9.17, 15) is 5.11 Å². The van der Waals surface area contributed by atoms with Crippen LogP contribution in [0.5, 0.6) is 0 Å². The minimum Gasteiger partial charge on any atom is -0.387 e. The predicted molar refractivity (Wildman–Crippen MR) is 108 cm³/mol. The van der Waals surface area contributed by atoms with Crippen LogP contribution in [0.2, 0.25) is 10.0 Å². The van der Waals surface area contributed by atoms with Crippen molar-refractivity contribution in [2.24, 2.45) is 0 Å². The Morgan fingerprint density at radius 3 is 2.62 bits per heavy atom. The van der Waals surface area contributed by atoms with Gasteiger partial charge in [-0.25, -0.2) is 4.98 Å². The molecule has 0 spiro atoms. The van der Waals surface area contributed by atoms with E-state index >= 15 is 0 Å². The average Bonchev–Trinajstić information content (AvgIpc) is 2.68. The number of nitrogens with one attached hydrogen (secondary N) is 1. The van der Waals surface area contributed by atoms with Crippen molar-refractivity contribution in [1.82, 2.24) is 10.3 Å². The maximum absolute atomic E-state index is 11.1. The molecule has 1 aliphatic rings. The van der Waals surface area contributed by atoms with E-state index in [-0.39, 0.29) is 6.04 Å². The summed E-state index contributed by atoms with van der Waals surface area (Å²) in [6.07, 6.45) is 2.57. The van der Waals surface area contributed by atoms with Crippen molar-refractivity contribution in [1.29, 1.82) is 0 Å². The molecule has 0 aliphatic carbocycles. The average molecular weight is 387 g/mol. The highest BCUT2D eigenvalue weighted by Gasteiger charge is 2.25. The zero-order valence-corrected chi connectivity index (χ0v) is 15.8. The number of piperidine rings is 1. The Morgan fingerprint density at radius 2 is 1.88 bits per heavy atom. The number of aliphatic hydroxyl groups excluding tert-OH is 1. The van der Waals surface area contributed by atoms with Gasteiger partial charge in [0.1, 0.15) is 0 Å². The molecule has 2 heterocycles. The van der Waals surface area contributed by atoms with E-state index < -0.39 is 6.10 Å². The highest BCUT2D eigenvalue weighted by Crippen LogP contribution is 2.36. The lowest BCUT2D eigenvalue weighted by atomic mass is 9.92. The summed E-state index contributed by atoms with van der Waals surface area (Å²) in [5.74, 6) is 0. The van der Waals surface area contributed by atoms with Crippen LogP contribution in [0, 0.1) is 0 Å². The molecule has 0 unspecified atom stereocenters. The van der Waals surface area contributed by atoms with Gasteiger partial charge >= 0.3 is 0 Å². The molecule has 4 rings (SSSR count). The number of nitrogens with zero attached hydrogens (tertiary/aromatic N) is 1. The largest absolute Gasteiger partial charge is 0.387 e. The molecule has 134 valence electrons. The summed E-state index contributed by atoms with van der Waals surface area (Å²) in [4.78, 5) is 4.75. The van der Waals surface area contributed by atoms with E-state index in [0.29, 0.717) is 15.6 Å². The van der Waals surface area contributed by atoms with Crippen molar-refractivity contribution >= 4 is 34.1 Å². The number of aromatic nitrogens is 1. The predicted octanol–water partition coefficient (Wildman–Crippen LogP) is 5.38. The third kappa shape index (κ3) is 3.45. The van der Waals surface area contributed by atoms with E-state index in [1.54, 1.807) is 6.07 Å². The smallest absolute Gasteiger partial charge is 0.0950 e. The highest BCUT2D eigenvalue weighted by molar-refractivity contribution is 6.38. The van der Waals surface area contributed by atoms with Crippen molar-refractivity contribution in [3.8, 4) is 11.3 Å². The fourth-order valence-electron chi connectivity index (χ4n) is 3.64. The molecular weight excluding hydrogens is 367 g/mol. The third-order valence-electron chi connectivity index (χ3n) is 4.98. The summed E-state index contributed by atoms with van der Waals surface area (Å²) in [5.41, 5.74) is 3.28. The molecule has 0 bridgehead atoms. The molecular formula is C21H20Cl2N2O. The third-order valence-corrected chi connectivity index (χ3v) is 5.49. The van der Waals surface area contributed by atoms with E-state index in [1.807, 2.05) is 42.5 Å². The van der Waals surface area contributed by atoms with E-state index in [2.05, 4.69) is 5.32 Å². The van der Waals surface area contributed by atoms with E-state index in [0.717, 1.165) is 48.0 Å². The van der Waals surface area contributed by atoms with Gasteiger partial charge in [0.2, 0.25) is 0 Å². The molecule has 2 N–H and O–H groups in total. The van der Waals surface area contributed by atoms with Gasteiger partial charge in [0.25, 0.3) is 0 Å². The first-order chi connectivity index (χ1) is 12.6. The number of rotatable bonds is 3. The second-order valence-electron chi connectivity index (χ2n) is 6.75. The van der Waals surface area contributed by atoms with Crippen LogP contribution in [-0.4, -0.2) is 22.7 Å². The van der Waals surface area contributed by atoms with Crippen LogP contribution in [0.15, 0.2) is 48.5 Å². The van der Waals surface area contributed by atoms with Gasteiger partial charge in [-0.3, -0.25) is 0 Å². The number of hydrogen-bond donors (Lipinski definition) is 2. The van der Waals surface area contributed by atoms with Gasteiger partial charge in [-0.1, -0.05) is 60.0 Å². The first-order valence-corrected chi connectivity index (χ1v) is 9.65. The van der Waals surface area contributed by atoms with Crippen LogP contribution in [0.3, 0.4) is 0 Å². The molecule has 3 nitrogen and oxygen atoms in total. The van der Waals surface area contributed by atoms with Gasteiger partial charge in [0.15, 0.2) is 0 Å². The molecule has 0 amide bonds. The zero-order valence-electron chi connectivity index (χ0n) is 14.3. The lowest BCUT2D eigenvalue weighted by Crippen LogP contribution is -2.38. The normalized spacial score (nSPS) is 18.8. The second kappa shape index (κ2) is 7.53. The number of benzene rings is 2. The van der Waals surface area contributed by atoms with Crippen molar-refractivity contribution in [2.45, 2.75) is 31.4 Å². The summed E-state index contributed by atoms with van der Waals surface area (Å²) < 4.78 is 0. The van der Waals surface area contributed by atoms with Gasteiger partial charge in [-0.2, -0.15) is 0 Å². The van der Waals surface area contributed by atoms with Gasteiger partial charge in [-0.05, 0) is 43.1 Å². The lowest BCUT2D eigenvalue weighted by molar-refractivity contribution is 0.115. The van der Waals surface area contributed by atoms with Crippen molar-refractivity contribution in [3.63, 3.8) is 0 Å². The van der Waals surface area contributed by atoms with Crippen LogP contribution in [0.25, 0.3) is 22.2 Å². The maximum atomic E-state index is 11.1. The monoisotopic (exact) mass is 386 g/mol. The Balaban J connectivity index is 1.90. The molecule has 1 fully saturated rings. The van der Waals surface area contributed by atoms with Crippen LogP contribution in [-0.2, 0) is 0 Å². The van der Waals surface area contributed by atoms with E-state index in [4.69, 9.17) is 28.2 Å². The Morgan fingerprint density at radius 1 is 1.08 bits per heavy atom. The summed E-state index contributed by atoms with van der Waals surface area (Å²) in [6, 6.07) is 15.5. The standard InChI is InChI=1S/C21H20Cl2N2O/c22-14-10-15-16(21(26)18-8-4-5-9-24-18)12-19(13-6-2-1-3-7-13)25-20(15)17(23)11-14/h1-3,6-7,10-12,18,21,24,26H,4-5,8-9H2/t18-,21+/m1/s1. The van der Waals surface area contributed by atoms with Crippen LogP contribution < -0.4 is 5.32 Å². The summed E-state index contributed by atoms with van der Waals surface area (Å²) in [6.45, 7) is 0.928. The molecule has 0 radical (unpaired) electrons. The minimum atomic E-state index is -0.641. The molecule has 5 heteroatoms. The molecule has 26 heavy (non-hydrogen) atoms. The summed E-state index contributed by atoms with van der Waals surface area (Å²) >= 11 is 12.7. The van der Waals surface area contributed by atoms with Crippen LogP contribution >= 0.6 is 23.2 Å². The number of halogens is 2. The first-order valence-electron chi connectivity index (χ1n) is 8.90. The molecule has 1 aromatic heterocycles. The second-order valence-corrected chi connectivity index (χ2v) is 7.59. The van der Waals surface area contributed by atoms with Crippen molar-refractivity contribution in [3.05, 3.63) is 64.1 Å². The number of aliphatic hydroxyl groups is 1. The van der Waals surface area contributed by atoms with Crippen molar-refractivity contribution < 1.29 is 5.11 Å². The first kappa shape index (κ1) is 17.7. The fraction of sp³-hybridized carbons (Fsp3) is 0.286. The lowest BCUT2D eigenvalue weighted by Gasteiger charge is -2.29. The summed E-state index contributed by atoms with van der Waals surface area (Å²) in [7, 11) is 0. The molecule has 0 saturated carbocycles. The highest BCUT2D eigenvalue weighted by atomic mass is 35.5.